The molecule has 0 N–H and O–H groups in total. The van der Waals surface area contributed by atoms with Crippen molar-refractivity contribution in [2.75, 3.05) is 53.2 Å². The summed E-state index contributed by atoms with van der Waals surface area (Å²) in [5.74, 6) is 3.02. The zero-order chi connectivity index (χ0) is 34.4. The first-order chi connectivity index (χ1) is 23.2. The van der Waals surface area contributed by atoms with E-state index in [4.69, 9.17) is 42.1 Å². The van der Waals surface area contributed by atoms with Gasteiger partial charge in [0.15, 0.2) is 0 Å². The molecule has 264 valence electrons. The van der Waals surface area contributed by atoms with Crippen LogP contribution in [0.1, 0.15) is 23.6 Å². The van der Waals surface area contributed by atoms with Gasteiger partial charge in [0.05, 0.1) is 67.2 Å². The first-order valence-corrected chi connectivity index (χ1v) is 18.5. The Bertz CT molecular complexity index is 1450. The Kier molecular flexibility index (Phi) is 15.3. The first kappa shape index (κ1) is 37.9. The molecule has 0 aliphatic carbocycles. The fourth-order valence-electron chi connectivity index (χ4n) is 5.09. The van der Waals surface area contributed by atoms with Crippen molar-refractivity contribution in [1.29, 1.82) is 0 Å². The zero-order valence-corrected chi connectivity index (χ0v) is 29.7. The van der Waals surface area contributed by atoms with E-state index in [1.165, 1.54) is 0 Å². The molecule has 48 heavy (non-hydrogen) atoms. The second-order valence-corrected chi connectivity index (χ2v) is 14.0. The summed E-state index contributed by atoms with van der Waals surface area (Å²) in [6, 6.07) is 22.9. The van der Waals surface area contributed by atoms with Gasteiger partial charge in [0.2, 0.25) is 0 Å². The summed E-state index contributed by atoms with van der Waals surface area (Å²) in [7, 11) is 1.22. The minimum Gasteiger partial charge on any atom is -0.497 e. The number of thioether (sulfide) groups is 1. The van der Waals surface area contributed by atoms with E-state index in [1.807, 2.05) is 72.8 Å². The van der Waals surface area contributed by atoms with Crippen molar-refractivity contribution in [3.8, 4) is 17.2 Å². The van der Waals surface area contributed by atoms with Gasteiger partial charge >= 0.3 is 0 Å². The lowest BCUT2D eigenvalue weighted by molar-refractivity contribution is -0.253. The lowest BCUT2D eigenvalue weighted by Gasteiger charge is -2.46. The Morgan fingerprint density at radius 2 is 1.12 bits per heavy atom. The molecule has 13 heteroatoms. The molecule has 4 rings (SSSR count). The van der Waals surface area contributed by atoms with E-state index < -0.39 is 40.0 Å². The summed E-state index contributed by atoms with van der Waals surface area (Å²) >= 11 is 1.61. The third-order valence-corrected chi connectivity index (χ3v) is 9.16. The van der Waals surface area contributed by atoms with Crippen molar-refractivity contribution in [2.45, 2.75) is 56.6 Å². The molecule has 0 radical (unpaired) electrons. The van der Waals surface area contributed by atoms with Crippen LogP contribution < -0.4 is 14.2 Å². The summed E-state index contributed by atoms with van der Waals surface area (Å²) in [5.41, 5.74) is 2.45. The van der Waals surface area contributed by atoms with Crippen molar-refractivity contribution >= 4 is 21.9 Å². The molecule has 0 aromatic heterocycles. The van der Waals surface area contributed by atoms with Crippen LogP contribution >= 0.6 is 11.8 Å². The van der Waals surface area contributed by atoms with Crippen molar-refractivity contribution in [2.24, 2.45) is 0 Å². The monoisotopic (exact) mass is 706 g/mol. The molecule has 0 unspecified atom stereocenters. The maximum absolute atomic E-state index is 11.7. The van der Waals surface area contributed by atoms with Gasteiger partial charge in [0.1, 0.15) is 47.1 Å². The van der Waals surface area contributed by atoms with Crippen LogP contribution in [0.4, 0.5) is 0 Å². The van der Waals surface area contributed by atoms with Crippen LogP contribution in [-0.4, -0.2) is 91.4 Å². The maximum Gasteiger partial charge on any atom is 0.264 e. The van der Waals surface area contributed by atoms with E-state index in [0.717, 1.165) is 45.9 Å². The maximum atomic E-state index is 11.7. The molecule has 0 spiro atoms. The summed E-state index contributed by atoms with van der Waals surface area (Å²) in [6.07, 6.45) is -1.41. The van der Waals surface area contributed by atoms with Gasteiger partial charge in [-0.25, -0.2) is 0 Å². The van der Waals surface area contributed by atoms with Gasteiger partial charge in [-0.1, -0.05) is 43.3 Å². The standard InChI is InChI=1S/C35H46O11S2/c1-6-47-35-34(44-23-27-11-17-30(40-4)18-12-27)33(43-22-26-9-15-29(39-3)16-10-26)32(42-19-20-45-48(5,36)37)31(46-35)24-41-21-25-7-13-28(38-2)14-8-25/h7-18,31-35H,6,19-24H2,1-5H3/t31-,32+,33+,34-,35+/m1/s1. The number of methoxy groups -OCH3 is 3. The number of hydrogen-bond acceptors (Lipinski definition) is 12. The van der Waals surface area contributed by atoms with Crippen LogP contribution in [0.2, 0.25) is 0 Å². The van der Waals surface area contributed by atoms with Gasteiger partial charge in [-0.2, -0.15) is 8.42 Å². The smallest absolute Gasteiger partial charge is 0.264 e. The molecule has 11 nitrogen and oxygen atoms in total. The van der Waals surface area contributed by atoms with E-state index in [2.05, 4.69) is 6.92 Å². The Morgan fingerprint density at radius 3 is 1.58 bits per heavy atom. The van der Waals surface area contributed by atoms with Gasteiger partial charge in [0, 0.05) is 0 Å². The van der Waals surface area contributed by atoms with E-state index >= 15 is 0 Å². The SMILES string of the molecule is CCS[C@@H]1O[C@H](COCc2ccc(OC)cc2)[C@H](OCCOS(C)(=O)=O)[C@H](OCc2ccc(OC)cc2)[C@H]1OCc1ccc(OC)cc1. The molecule has 3 aromatic rings. The van der Waals surface area contributed by atoms with Crippen molar-refractivity contribution in [3.05, 3.63) is 89.5 Å². The Labute approximate surface area is 288 Å². The summed E-state index contributed by atoms with van der Waals surface area (Å²) in [5, 5.41) is 0. The minimum absolute atomic E-state index is 0.0186. The van der Waals surface area contributed by atoms with E-state index in [0.29, 0.717) is 13.2 Å². The summed E-state index contributed by atoms with van der Waals surface area (Å²) < 4.78 is 76.6. The number of benzene rings is 3. The quantitative estimate of drug-likeness (QED) is 0.113. The highest BCUT2D eigenvalue weighted by atomic mass is 32.2. The molecule has 1 aliphatic rings. The first-order valence-electron chi connectivity index (χ1n) is 15.7. The predicted octanol–water partition coefficient (Wildman–Crippen LogP) is 5.24. The predicted molar refractivity (Wildman–Crippen MR) is 183 cm³/mol. The Hall–Kier alpha value is -2.88. The highest BCUT2D eigenvalue weighted by Gasteiger charge is 2.48. The number of rotatable bonds is 20. The summed E-state index contributed by atoms with van der Waals surface area (Å²) in [4.78, 5) is 0. The molecule has 1 heterocycles. The highest BCUT2D eigenvalue weighted by molar-refractivity contribution is 7.99. The van der Waals surface area contributed by atoms with Gasteiger partial charge in [0.25, 0.3) is 10.1 Å². The molecule has 0 bridgehead atoms. The lowest BCUT2D eigenvalue weighted by atomic mass is 9.99. The van der Waals surface area contributed by atoms with Gasteiger partial charge < -0.3 is 37.9 Å². The van der Waals surface area contributed by atoms with Crippen LogP contribution in [0.25, 0.3) is 0 Å². The molecular weight excluding hydrogens is 661 g/mol. The molecule has 1 saturated heterocycles. The van der Waals surface area contributed by atoms with Gasteiger partial charge in [-0.15, -0.1) is 11.8 Å². The average molecular weight is 707 g/mol. The second-order valence-electron chi connectivity index (χ2n) is 11.0. The van der Waals surface area contributed by atoms with Crippen LogP contribution in [-0.2, 0) is 57.8 Å². The van der Waals surface area contributed by atoms with E-state index in [9.17, 15) is 8.42 Å². The molecule has 1 fully saturated rings. The Balaban J connectivity index is 1.59. The average Bonchev–Trinajstić information content (AvgIpc) is 3.09. The van der Waals surface area contributed by atoms with Crippen LogP contribution in [0, 0.1) is 0 Å². The van der Waals surface area contributed by atoms with Crippen molar-refractivity contribution < 1.29 is 50.5 Å². The molecular formula is C35H46O11S2. The number of hydrogen-bond donors (Lipinski definition) is 0. The topological polar surface area (TPSA) is 117 Å². The van der Waals surface area contributed by atoms with Crippen LogP contribution in [0.5, 0.6) is 17.2 Å². The van der Waals surface area contributed by atoms with E-state index in [-0.39, 0.29) is 26.4 Å². The normalized spacial score (nSPS) is 21.1. The third-order valence-electron chi connectivity index (χ3n) is 7.53. The largest absolute Gasteiger partial charge is 0.497 e. The summed E-state index contributed by atoms with van der Waals surface area (Å²) in [6.45, 7) is 2.97. The minimum atomic E-state index is -3.65. The molecule has 0 amide bonds. The van der Waals surface area contributed by atoms with Crippen LogP contribution in [0.15, 0.2) is 72.8 Å². The number of ether oxygens (including phenoxy) is 8. The molecule has 1 aliphatic heterocycles. The van der Waals surface area contributed by atoms with Crippen molar-refractivity contribution in [1.82, 2.24) is 0 Å². The zero-order valence-electron chi connectivity index (χ0n) is 28.1. The van der Waals surface area contributed by atoms with E-state index in [1.54, 1.807) is 33.1 Å². The van der Waals surface area contributed by atoms with Gasteiger partial charge in [-0.05, 0) is 58.8 Å². The lowest BCUT2D eigenvalue weighted by Crippen LogP contribution is -2.60. The van der Waals surface area contributed by atoms with Crippen molar-refractivity contribution in [3.63, 3.8) is 0 Å². The molecule has 3 aromatic carbocycles. The fourth-order valence-corrected chi connectivity index (χ4v) is 6.43. The molecule has 5 atom stereocenters. The highest BCUT2D eigenvalue weighted by Crippen LogP contribution is 2.35. The second kappa shape index (κ2) is 19.3. The van der Waals surface area contributed by atoms with Crippen LogP contribution in [0.3, 0.4) is 0 Å². The molecule has 0 saturated carbocycles. The Morgan fingerprint density at radius 1 is 0.646 bits per heavy atom. The third kappa shape index (κ3) is 11.9. The van der Waals surface area contributed by atoms with Gasteiger partial charge in [-0.3, -0.25) is 4.18 Å². The fraction of sp³-hybridized carbons (Fsp3) is 0.486.